The van der Waals surface area contributed by atoms with Crippen LogP contribution < -0.4 is 24.3 Å². The predicted octanol–water partition coefficient (Wildman–Crippen LogP) is 6.72. The van der Waals surface area contributed by atoms with Crippen LogP contribution in [0.5, 0.6) is 34.8 Å². The zero-order chi connectivity index (χ0) is 34.8. The maximum absolute atomic E-state index is 16.2. The number of aromatic nitrogens is 1. The summed E-state index contributed by atoms with van der Waals surface area (Å²) in [5, 5.41) is 12.3. The average molecular weight is 688 g/mol. The highest BCUT2D eigenvalue weighted by molar-refractivity contribution is 7.98. The smallest absolute Gasteiger partial charge is 0.263 e. The Labute approximate surface area is 287 Å². The summed E-state index contributed by atoms with van der Waals surface area (Å²) in [7, 11) is 1.92. The molecule has 13 heteroatoms. The molecule has 254 valence electrons. The van der Waals surface area contributed by atoms with Gasteiger partial charge in [-0.3, -0.25) is 9.79 Å². The summed E-state index contributed by atoms with van der Waals surface area (Å²) >= 11 is 1.56. The molecule has 3 aromatic carbocycles. The lowest BCUT2D eigenvalue weighted by atomic mass is 10.2. The van der Waals surface area contributed by atoms with Crippen molar-refractivity contribution in [1.29, 1.82) is 5.26 Å². The van der Waals surface area contributed by atoms with Crippen molar-refractivity contribution in [2.24, 2.45) is 4.99 Å². The number of carbonyl (C=O) groups excluding carboxylic acids is 1. The Morgan fingerprint density at radius 3 is 2.49 bits per heavy atom. The van der Waals surface area contributed by atoms with Crippen LogP contribution in [0.4, 0.5) is 8.78 Å². The van der Waals surface area contributed by atoms with Gasteiger partial charge in [0.2, 0.25) is 23.3 Å². The van der Waals surface area contributed by atoms with E-state index in [2.05, 4.69) is 15.3 Å². The first-order valence-corrected chi connectivity index (χ1v) is 16.9. The number of carbonyl (C=O) groups is 1. The van der Waals surface area contributed by atoms with E-state index in [-0.39, 0.29) is 41.9 Å². The summed E-state index contributed by atoms with van der Waals surface area (Å²) in [6.07, 6.45) is 2.41. The minimum absolute atomic E-state index is 0.0368. The Morgan fingerprint density at radius 1 is 1.02 bits per heavy atom. The Kier molecular flexibility index (Phi) is 11.9. The van der Waals surface area contributed by atoms with E-state index < -0.39 is 35.2 Å². The number of hydrogen-bond acceptors (Lipinski definition) is 10. The minimum Gasteiger partial charge on any atom is -0.485 e. The molecule has 1 unspecified atom stereocenters. The zero-order valence-corrected chi connectivity index (χ0v) is 28.1. The van der Waals surface area contributed by atoms with Crippen LogP contribution >= 0.6 is 11.8 Å². The molecule has 1 atom stereocenters. The van der Waals surface area contributed by atoms with E-state index in [1.54, 1.807) is 30.0 Å². The van der Waals surface area contributed by atoms with Crippen molar-refractivity contribution >= 4 is 23.5 Å². The lowest BCUT2D eigenvalue weighted by Gasteiger charge is -2.20. The molecular formula is C36H35F2N5O5S. The standard InChI is InChI=1S/C36H35F2N5O5S/c1-23(44)41-27(14-17-49-3)22-46-33-31(37)35(47-28-11-7-10-26(19-28)34-40-15-16-43(34)2)42-36(32(33)38)48-30-18-25(20-39)12-13-29(30)45-21-24-8-5-4-6-9-24/h4-13,18-19,27H,14-17,21-22H2,1-3H3,(H,41,44). The number of benzene rings is 3. The second-order valence-corrected chi connectivity index (χ2v) is 12.1. The highest BCUT2D eigenvalue weighted by Gasteiger charge is 2.27. The molecule has 4 aromatic rings. The molecule has 2 heterocycles. The van der Waals surface area contributed by atoms with Gasteiger partial charge in [0.25, 0.3) is 11.8 Å². The molecule has 10 nitrogen and oxygen atoms in total. The van der Waals surface area contributed by atoms with Gasteiger partial charge in [-0.05, 0) is 48.3 Å². The lowest BCUT2D eigenvalue weighted by molar-refractivity contribution is -0.119. The molecule has 0 spiro atoms. The third-order valence-electron chi connectivity index (χ3n) is 7.37. The van der Waals surface area contributed by atoms with E-state index in [4.69, 9.17) is 18.9 Å². The molecule has 0 saturated carbocycles. The average Bonchev–Trinajstić information content (AvgIpc) is 3.54. The Hall–Kier alpha value is -5.35. The van der Waals surface area contributed by atoms with Crippen molar-refractivity contribution in [3.8, 4) is 40.8 Å². The van der Waals surface area contributed by atoms with Crippen LogP contribution in [0.1, 0.15) is 30.0 Å². The van der Waals surface area contributed by atoms with Crippen molar-refractivity contribution in [2.75, 3.05) is 38.8 Å². The number of halogens is 2. The van der Waals surface area contributed by atoms with Crippen LogP contribution in [0, 0.1) is 23.0 Å². The maximum Gasteiger partial charge on any atom is 0.263 e. The minimum atomic E-state index is -1.25. The molecular weight excluding hydrogens is 652 g/mol. The maximum atomic E-state index is 16.2. The van der Waals surface area contributed by atoms with Crippen molar-refractivity contribution in [3.63, 3.8) is 0 Å². The molecule has 0 radical (unpaired) electrons. The normalized spacial score (nSPS) is 12.9. The van der Waals surface area contributed by atoms with E-state index in [0.29, 0.717) is 18.7 Å². The van der Waals surface area contributed by atoms with Crippen LogP contribution in [-0.2, 0) is 11.4 Å². The molecule has 49 heavy (non-hydrogen) atoms. The highest BCUT2D eigenvalue weighted by atomic mass is 32.2. The highest BCUT2D eigenvalue weighted by Crippen LogP contribution is 2.40. The summed E-state index contributed by atoms with van der Waals surface area (Å²) in [5.74, 6) is -3.07. The van der Waals surface area contributed by atoms with Crippen LogP contribution in [0.15, 0.2) is 77.8 Å². The number of thioether (sulfide) groups is 1. The number of nitrogens with zero attached hydrogens (tertiary/aromatic N) is 4. The van der Waals surface area contributed by atoms with E-state index in [9.17, 15) is 10.1 Å². The van der Waals surface area contributed by atoms with Crippen LogP contribution in [0.25, 0.3) is 0 Å². The molecule has 1 N–H and O–H groups in total. The summed E-state index contributed by atoms with van der Waals surface area (Å²) in [4.78, 5) is 22.4. The van der Waals surface area contributed by atoms with E-state index in [1.807, 2.05) is 60.7 Å². The fraction of sp³-hybridized carbons (Fsp3) is 0.278. The molecule has 5 rings (SSSR count). The van der Waals surface area contributed by atoms with Crippen LogP contribution in [0.3, 0.4) is 0 Å². The first kappa shape index (κ1) is 35.0. The second kappa shape index (κ2) is 16.7. The first-order valence-electron chi connectivity index (χ1n) is 15.5. The van der Waals surface area contributed by atoms with E-state index in [0.717, 1.165) is 23.5 Å². The molecule has 0 saturated heterocycles. The van der Waals surface area contributed by atoms with Crippen molar-refractivity contribution in [2.45, 2.75) is 26.0 Å². The number of amidine groups is 1. The van der Waals surface area contributed by atoms with Crippen molar-refractivity contribution in [1.82, 2.24) is 15.2 Å². The van der Waals surface area contributed by atoms with Gasteiger partial charge in [-0.25, -0.2) is 0 Å². The monoisotopic (exact) mass is 687 g/mol. The van der Waals surface area contributed by atoms with Gasteiger partial charge >= 0.3 is 0 Å². The Morgan fingerprint density at radius 2 is 1.80 bits per heavy atom. The van der Waals surface area contributed by atoms with Crippen LogP contribution in [0.2, 0.25) is 0 Å². The fourth-order valence-corrected chi connectivity index (χ4v) is 5.46. The number of nitrogens with one attached hydrogen (secondary N) is 1. The summed E-state index contributed by atoms with van der Waals surface area (Å²) in [5.41, 5.74) is 1.82. The van der Waals surface area contributed by atoms with Gasteiger partial charge in [-0.15, -0.1) is 0 Å². The summed E-state index contributed by atoms with van der Waals surface area (Å²) in [6.45, 7) is 2.67. The lowest BCUT2D eigenvalue weighted by Crippen LogP contribution is -2.38. The molecule has 1 amide bonds. The number of pyridine rings is 1. The number of rotatable bonds is 15. The Bertz CT molecular complexity index is 1850. The third kappa shape index (κ3) is 9.17. The molecule has 1 aromatic heterocycles. The van der Waals surface area contributed by atoms with Crippen molar-refractivity contribution < 1.29 is 32.5 Å². The summed E-state index contributed by atoms with van der Waals surface area (Å²) in [6, 6.07) is 22.1. The predicted molar refractivity (Wildman–Crippen MR) is 183 cm³/mol. The number of hydrogen-bond donors (Lipinski definition) is 1. The largest absolute Gasteiger partial charge is 0.485 e. The first-order chi connectivity index (χ1) is 23.7. The van der Waals surface area contributed by atoms with Crippen LogP contribution in [-0.4, -0.2) is 66.4 Å². The zero-order valence-electron chi connectivity index (χ0n) is 27.2. The van der Waals surface area contributed by atoms with Gasteiger partial charge in [-0.2, -0.15) is 30.8 Å². The van der Waals surface area contributed by atoms with Gasteiger partial charge < -0.3 is 29.2 Å². The van der Waals surface area contributed by atoms with Crippen molar-refractivity contribution in [3.05, 3.63) is 101 Å². The molecule has 0 fully saturated rings. The van der Waals surface area contributed by atoms with Gasteiger partial charge in [0.05, 0.1) is 24.2 Å². The number of aliphatic imine (C=N–C) groups is 1. The molecule has 1 aliphatic rings. The van der Waals surface area contributed by atoms with Gasteiger partial charge in [0.15, 0.2) is 11.5 Å². The summed E-state index contributed by atoms with van der Waals surface area (Å²) < 4.78 is 55.7. The van der Waals surface area contributed by atoms with Gasteiger partial charge in [0.1, 0.15) is 24.8 Å². The Balaban J connectivity index is 1.51. The number of nitriles is 1. The number of likely N-dealkylation sites (N-methyl/N-ethyl adjacent to an activating group) is 1. The quantitative estimate of drug-likeness (QED) is 0.145. The van der Waals surface area contributed by atoms with Gasteiger partial charge in [-0.1, -0.05) is 42.5 Å². The fourth-order valence-electron chi connectivity index (χ4n) is 4.94. The number of amides is 1. The van der Waals surface area contributed by atoms with E-state index in [1.165, 1.54) is 25.1 Å². The molecule has 0 aliphatic carbocycles. The third-order valence-corrected chi connectivity index (χ3v) is 8.01. The van der Waals surface area contributed by atoms with Gasteiger partial charge in [0, 0.05) is 32.1 Å². The molecule has 0 bridgehead atoms. The SMILES string of the molecule is CSCCC(COc1c(F)c(Oc2cccc(C3=NCCN3C)c2)nc(Oc2cc(C#N)ccc2OCc2ccccc2)c1F)NC(C)=O. The van der Waals surface area contributed by atoms with E-state index >= 15 is 8.78 Å². The topological polar surface area (TPSA) is 118 Å². The number of ether oxygens (including phenoxy) is 4. The molecule has 1 aliphatic heterocycles. The second-order valence-electron chi connectivity index (χ2n) is 11.1.